The van der Waals surface area contributed by atoms with Crippen molar-refractivity contribution < 1.29 is 82.1 Å². The second-order valence-corrected chi connectivity index (χ2v) is 21.1. The summed E-state index contributed by atoms with van der Waals surface area (Å²) in [6.07, 6.45) is 1.64. The monoisotopic (exact) mass is 1140 g/mol. The van der Waals surface area contributed by atoms with Crippen LogP contribution in [0, 0.1) is 30.4 Å². The first-order valence-corrected chi connectivity index (χ1v) is 27.2. The molecule has 3 saturated heterocycles. The number of hydrogen-bond donors (Lipinski definition) is 4. The van der Waals surface area contributed by atoms with E-state index in [0.717, 1.165) is 47.2 Å². The van der Waals surface area contributed by atoms with Gasteiger partial charge in [0.15, 0.2) is 11.6 Å². The number of nitrogens with zero attached hydrogens (tertiary/aromatic N) is 5. The molecule has 20 nitrogen and oxygen atoms in total. The fraction of sp³-hybridized carbons (Fsp3) is 0.414. The van der Waals surface area contributed by atoms with E-state index in [1.165, 1.54) is 18.2 Å². The minimum absolute atomic E-state index is 0.0652. The normalized spacial score (nSPS) is 20.0. The molecule has 4 fully saturated rings. The molecule has 9 rings (SSSR count). The summed E-state index contributed by atoms with van der Waals surface area (Å²) in [5.41, 5.74) is 4.54. The molecular weight excluding hydrogens is 1080 g/mol. The van der Waals surface area contributed by atoms with E-state index in [4.69, 9.17) is 50.5 Å². The molecule has 0 radical (unpaired) electrons. The minimum atomic E-state index is -0.948. The van der Waals surface area contributed by atoms with Crippen LogP contribution >= 0.6 is 11.6 Å². The zero-order chi connectivity index (χ0) is 57.3. The van der Waals surface area contributed by atoms with Gasteiger partial charge in [0.05, 0.1) is 43.6 Å². The number of methoxy groups -OCH3 is 1. The average molecular weight is 1140 g/mol. The molecule has 432 valence electrons. The molecule has 4 N–H and O–H groups in total. The van der Waals surface area contributed by atoms with Crippen LogP contribution in [-0.4, -0.2) is 121 Å². The summed E-state index contributed by atoms with van der Waals surface area (Å²) < 4.78 is 56.8. The third-order valence-electron chi connectivity index (χ3n) is 15.3. The number of rotatable bonds is 21. The lowest BCUT2D eigenvalue weighted by atomic mass is 9.65. The van der Waals surface area contributed by atoms with Crippen LogP contribution < -0.4 is 18.9 Å². The zero-order valence-electron chi connectivity index (χ0n) is 44.6. The SMILES string of the molecule is COc1ccc(CN(C(=O)C2C(c3ccc(CCCOc4c(F)ccc(F)c4Cl)cc3)CC3CC(C(=O)N4CCC(OC(=O)Oc5cccc(CON(O)O)c5)CC4)CC2N3C(=O)Oc2cccc(CON(O)O)c2)C2CC2)cc1C. The molecular formula is C58H64ClF2N5O15. The van der Waals surface area contributed by atoms with Crippen molar-refractivity contribution in [3.8, 4) is 23.0 Å². The lowest BCUT2D eigenvalue weighted by Gasteiger charge is -2.54. The van der Waals surface area contributed by atoms with Crippen molar-refractivity contribution in [1.82, 2.24) is 25.5 Å². The van der Waals surface area contributed by atoms with Gasteiger partial charge in [0.2, 0.25) is 11.8 Å². The van der Waals surface area contributed by atoms with Crippen LogP contribution in [-0.2, 0) is 50.2 Å². The predicted octanol–water partition coefficient (Wildman–Crippen LogP) is 10.1. The summed E-state index contributed by atoms with van der Waals surface area (Å²) in [7, 11) is 1.60. The Morgan fingerprint density at radius 1 is 0.728 bits per heavy atom. The van der Waals surface area contributed by atoms with E-state index < -0.39 is 75.6 Å². The Balaban J connectivity index is 0.971. The molecule has 2 bridgehead atoms. The van der Waals surface area contributed by atoms with E-state index in [9.17, 15) is 33.6 Å². The Morgan fingerprint density at radius 2 is 1.37 bits per heavy atom. The molecule has 0 spiro atoms. The topological polar surface area (TPSA) is 230 Å². The van der Waals surface area contributed by atoms with Gasteiger partial charge < -0.3 is 38.4 Å². The van der Waals surface area contributed by atoms with Gasteiger partial charge in [0.25, 0.3) is 0 Å². The minimum Gasteiger partial charge on any atom is -0.496 e. The van der Waals surface area contributed by atoms with Gasteiger partial charge in [-0.25, -0.2) is 28.0 Å². The van der Waals surface area contributed by atoms with E-state index in [0.29, 0.717) is 55.5 Å². The quantitative estimate of drug-likeness (QED) is 0.0176. The van der Waals surface area contributed by atoms with E-state index in [1.54, 1.807) is 47.2 Å². The standard InChI is InChI=1S/C58H64ClF2N5O15/c1-35-26-37(13-20-51(35)75-2)32-63(42-16-17-42)56(68)52-47(40-14-11-36(12-15-40)8-5-25-76-54-49(61)19-18-48(60)53(54)59)31-43-29-41(30-50(52)64(43)57(69)79-45-9-3-6-38(27-45)33-77-65(71)72)55(67)62-23-21-44(22-24-62)80-58(70)81-46-10-4-7-39(28-46)34-78-66(73)74/h3-4,6-7,9-15,18-20,26-28,41-44,47,50,52,71-74H,5,8,16-17,21-25,29-34H2,1-2H3. The number of benzene rings is 5. The van der Waals surface area contributed by atoms with Crippen molar-refractivity contribution in [3.63, 3.8) is 0 Å². The Labute approximate surface area is 471 Å². The van der Waals surface area contributed by atoms with E-state index in [-0.39, 0.29) is 80.9 Å². The van der Waals surface area contributed by atoms with Crippen LogP contribution in [0.2, 0.25) is 5.02 Å². The van der Waals surface area contributed by atoms with Gasteiger partial charge >= 0.3 is 12.2 Å². The Bertz CT molecular complexity index is 3020. The second kappa shape index (κ2) is 26.7. The van der Waals surface area contributed by atoms with Gasteiger partial charge in [0.1, 0.15) is 34.2 Å². The first kappa shape index (κ1) is 58.7. The van der Waals surface area contributed by atoms with Crippen molar-refractivity contribution in [2.45, 2.75) is 115 Å². The second-order valence-electron chi connectivity index (χ2n) is 20.7. The lowest BCUT2D eigenvalue weighted by molar-refractivity contribution is -0.497. The first-order valence-electron chi connectivity index (χ1n) is 26.8. The molecule has 5 atom stereocenters. The molecule has 1 saturated carbocycles. The van der Waals surface area contributed by atoms with Crippen LogP contribution in [0.4, 0.5) is 18.4 Å². The highest BCUT2D eigenvalue weighted by Crippen LogP contribution is 2.50. The molecule has 1 aliphatic carbocycles. The van der Waals surface area contributed by atoms with E-state index >= 15 is 4.79 Å². The van der Waals surface area contributed by atoms with Crippen molar-refractivity contribution in [3.05, 3.63) is 153 Å². The van der Waals surface area contributed by atoms with E-state index in [2.05, 4.69) is 4.84 Å². The highest BCUT2D eigenvalue weighted by Gasteiger charge is 2.56. The number of halogens is 3. The number of fused-ring (bicyclic) bond motifs is 2. The van der Waals surface area contributed by atoms with Gasteiger partial charge in [-0.1, -0.05) is 72.3 Å². The van der Waals surface area contributed by atoms with Crippen LogP contribution in [0.3, 0.4) is 0 Å². The molecule has 0 aromatic heterocycles. The average Bonchev–Trinajstić information content (AvgIpc) is 4.44. The van der Waals surface area contributed by atoms with E-state index in [1.807, 2.05) is 54.3 Å². The maximum Gasteiger partial charge on any atom is 0.514 e. The fourth-order valence-electron chi connectivity index (χ4n) is 11.4. The van der Waals surface area contributed by atoms with Crippen LogP contribution in [0.5, 0.6) is 23.0 Å². The number of hydrogen-bond acceptors (Lipinski definition) is 17. The lowest BCUT2D eigenvalue weighted by Crippen LogP contribution is -2.64. The molecule has 81 heavy (non-hydrogen) atoms. The summed E-state index contributed by atoms with van der Waals surface area (Å²) in [5, 5.41) is 34.9. The maximum atomic E-state index is 15.9. The molecule has 23 heteroatoms. The van der Waals surface area contributed by atoms with Crippen LogP contribution in [0.1, 0.15) is 90.7 Å². The number of carbonyl (C=O) groups excluding carboxylic acids is 4. The van der Waals surface area contributed by atoms with Gasteiger partial charge in [-0.15, -0.1) is 0 Å². The van der Waals surface area contributed by atoms with Gasteiger partial charge in [-0.05, 0) is 134 Å². The number of likely N-dealkylation sites (tertiary alicyclic amines) is 1. The molecule has 5 aromatic rings. The molecule has 3 aliphatic heterocycles. The van der Waals surface area contributed by atoms with Gasteiger partial charge in [-0.2, -0.15) is 0 Å². The molecule has 4 aliphatic rings. The zero-order valence-corrected chi connectivity index (χ0v) is 45.4. The molecule has 3 amide bonds. The highest BCUT2D eigenvalue weighted by molar-refractivity contribution is 6.32. The third kappa shape index (κ3) is 14.9. The Kier molecular flexibility index (Phi) is 19.4. The molecule has 5 aromatic carbocycles. The third-order valence-corrected chi connectivity index (χ3v) is 15.7. The first-order chi connectivity index (χ1) is 39.0. The number of aryl methyl sites for hydroxylation is 2. The summed E-state index contributed by atoms with van der Waals surface area (Å²) >= 11 is 5.98. The predicted molar refractivity (Wildman–Crippen MR) is 282 cm³/mol. The largest absolute Gasteiger partial charge is 0.514 e. The molecule has 3 heterocycles. The van der Waals surface area contributed by atoms with Crippen LogP contribution in [0.25, 0.3) is 0 Å². The molecule has 5 unspecified atom stereocenters. The van der Waals surface area contributed by atoms with Crippen molar-refractivity contribution in [2.24, 2.45) is 11.8 Å². The Morgan fingerprint density at radius 3 is 2.00 bits per heavy atom. The van der Waals surface area contributed by atoms with Crippen molar-refractivity contribution in [2.75, 3.05) is 26.8 Å². The number of ether oxygens (including phenoxy) is 5. The van der Waals surface area contributed by atoms with Gasteiger partial charge in [0, 0.05) is 56.5 Å². The number of amides is 3. The van der Waals surface area contributed by atoms with Gasteiger partial charge in [-0.3, -0.25) is 30.4 Å². The highest BCUT2D eigenvalue weighted by atomic mass is 35.5. The summed E-state index contributed by atoms with van der Waals surface area (Å²) in [6.45, 7) is 2.36. The smallest absolute Gasteiger partial charge is 0.496 e. The number of carbonyl (C=O) groups is 4. The fourth-order valence-corrected chi connectivity index (χ4v) is 11.6. The summed E-state index contributed by atoms with van der Waals surface area (Å²) in [5.74, 6) is -3.10. The Hall–Kier alpha value is -6.99. The van der Waals surface area contributed by atoms with Crippen molar-refractivity contribution >= 4 is 35.7 Å². The summed E-state index contributed by atoms with van der Waals surface area (Å²) in [4.78, 5) is 73.3. The summed E-state index contributed by atoms with van der Waals surface area (Å²) in [6, 6.07) is 26.7. The maximum absolute atomic E-state index is 15.9. The van der Waals surface area contributed by atoms with Crippen molar-refractivity contribution in [1.29, 1.82) is 0 Å². The number of piperidine rings is 3. The van der Waals surface area contributed by atoms with Crippen LogP contribution in [0.15, 0.2) is 103 Å².